The van der Waals surface area contributed by atoms with E-state index in [1.807, 2.05) is 0 Å². The fourth-order valence-corrected chi connectivity index (χ4v) is 8.45. The van der Waals surface area contributed by atoms with Crippen LogP contribution in [0.5, 0.6) is 23.0 Å². The van der Waals surface area contributed by atoms with Gasteiger partial charge in [-0.3, -0.25) is 0 Å². The molecule has 0 aliphatic heterocycles. The number of benzene rings is 4. The van der Waals surface area contributed by atoms with Crippen molar-refractivity contribution >= 4 is 19.1 Å². The number of fused-ring (bicyclic) bond motifs is 8. The first kappa shape index (κ1) is 50.2. The van der Waals surface area contributed by atoms with E-state index >= 15 is 0 Å². The number of aromatic nitrogens is 4. The van der Waals surface area contributed by atoms with Crippen molar-refractivity contribution < 1.29 is 44.0 Å². The van der Waals surface area contributed by atoms with E-state index < -0.39 is 0 Å². The summed E-state index contributed by atoms with van der Waals surface area (Å²) in [6.07, 6.45) is 21.9. The Morgan fingerprint density at radius 2 is 0.785 bits per heavy atom. The maximum absolute atomic E-state index is 6.83. The second-order valence-electron chi connectivity index (χ2n) is 17.5. The molecule has 8 nitrogen and oxygen atoms in total. The Kier molecular flexibility index (Phi) is 19.3. The topological polar surface area (TPSA) is 54.5 Å². The monoisotopic (exact) mass is 1010 g/mol. The molecular weight excluding hydrogens is 946 g/mol. The van der Waals surface area contributed by atoms with Gasteiger partial charge in [0.05, 0.1) is 51.6 Å². The van der Waals surface area contributed by atoms with Gasteiger partial charge in [-0.15, -0.1) is 0 Å². The molecule has 0 amide bonds. The van der Waals surface area contributed by atoms with Crippen LogP contribution in [0, 0.1) is 12.7 Å². The predicted octanol–water partition coefficient (Wildman–Crippen LogP) is 11.9. The Bertz CT molecular complexity index is 2190. The van der Waals surface area contributed by atoms with E-state index in [1.54, 1.807) is 0 Å². The van der Waals surface area contributed by atoms with E-state index in [2.05, 4.69) is 172 Å². The van der Waals surface area contributed by atoms with Crippen molar-refractivity contribution in [3.05, 3.63) is 154 Å². The third-order valence-corrected chi connectivity index (χ3v) is 11.4. The molecule has 0 fully saturated rings. The standard InChI is InChI=1S/C54H68N4O4.2ClH.Pd/c1-9-23-59-51-43-15-13-16-44(51)32-48-28-42(36-56-20-22-58(38-56)40(7)8)30-50(54(48)62-26-12-4)34-46-18-14-17-45(52(46)60-24-10-2)33-49-29-41(27-47(31-43)53(49)61-25-11-3)35-55-19-21-57(37-55)39(5)6;;;/h13-22,27-30,39-40H,9-12,23-26,31-36H2,1-8H3;2*1H;/q;;;+2/p-2. The molecule has 11 heteroatoms. The molecule has 65 heavy (non-hydrogen) atoms. The molecule has 352 valence electrons. The summed E-state index contributed by atoms with van der Waals surface area (Å²) < 4.78 is 35.9. The van der Waals surface area contributed by atoms with Crippen molar-refractivity contribution in [2.45, 2.75) is 132 Å². The van der Waals surface area contributed by atoms with Crippen LogP contribution >= 0.6 is 19.1 Å². The maximum atomic E-state index is 6.83. The Labute approximate surface area is 404 Å². The van der Waals surface area contributed by atoms with Crippen LogP contribution in [0.25, 0.3) is 0 Å². The van der Waals surface area contributed by atoms with Gasteiger partial charge >= 0.3 is 35.0 Å². The van der Waals surface area contributed by atoms with Gasteiger partial charge in [0.2, 0.25) is 12.7 Å². The minimum atomic E-state index is -0.106. The quantitative estimate of drug-likeness (QED) is 0.0488. The molecule has 0 radical (unpaired) electrons. The second-order valence-corrected chi connectivity index (χ2v) is 19.9. The van der Waals surface area contributed by atoms with E-state index in [4.69, 9.17) is 38.0 Å². The summed E-state index contributed by atoms with van der Waals surface area (Å²) in [5.41, 5.74) is 11.7. The summed E-state index contributed by atoms with van der Waals surface area (Å²) >= 11 is -0.106. The molecule has 1 aliphatic carbocycles. The average molecular weight is 1010 g/mol. The summed E-state index contributed by atoms with van der Waals surface area (Å²) in [4.78, 5) is 0. The van der Waals surface area contributed by atoms with Gasteiger partial charge in [0.1, 0.15) is 23.0 Å². The molecule has 2 aromatic heterocycles. The van der Waals surface area contributed by atoms with Crippen molar-refractivity contribution in [3.63, 3.8) is 0 Å². The van der Waals surface area contributed by atoms with E-state index in [-0.39, 0.29) is 15.9 Å². The van der Waals surface area contributed by atoms with E-state index in [1.165, 1.54) is 11.1 Å². The van der Waals surface area contributed by atoms with Crippen LogP contribution in [-0.4, -0.2) is 35.6 Å². The third-order valence-electron chi connectivity index (χ3n) is 11.4. The van der Waals surface area contributed by atoms with Gasteiger partial charge in [0.25, 0.3) is 0 Å². The normalized spacial score (nSPS) is 12.3. The molecule has 6 aromatic rings. The van der Waals surface area contributed by atoms with Gasteiger partial charge in [-0.1, -0.05) is 64.1 Å². The average Bonchev–Trinajstić information content (AvgIpc) is 3.96. The number of halogens is 2. The van der Waals surface area contributed by atoms with Crippen LogP contribution in [0.2, 0.25) is 0 Å². The fraction of sp³-hybridized carbons (Fsp3) is 0.444. The summed E-state index contributed by atoms with van der Waals surface area (Å²) in [6, 6.07) is 23.4. The molecule has 0 spiro atoms. The van der Waals surface area contributed by atoms with Crippen LogP contribution in [-0.2, 0) is 54.7 Å². The zero-order chi connectivity index (χ0) is 46.3. The van der Waals surface area contributed by atoms with Gasteiger partial charge in [-0.25, -0.2) is 0 Å². The molecule has 0 unspecified atom stereocenters. The molecule has 8 bridgehead atoms. The third kappa shape index (κ3) is 13.4. The van der Waals surface area contributed by atoms with E-state index in [0.717, 1.165) is 93.2 Å². The number of ether oxygens (including phenoxy) is 4. The number of para-hydroxylation sites is 2. The van der Waals surface area contributed by atoms with Crippen molar-refractivity contribution in [2.24, 2.45) is 0 Å². The molecule has 0 N–H and O–H groups in total. The zero-order valence-electron chi connectivity index (χ0n) is 39.6. The van der Waals surface area contributed by atoms with Crippen molar-refractivity contribution in [2.75, 3.05) is 26.4 Å². The number of rotatable bonds is 18. The van der Waals surface area contributed by atoms with Gasteiger partial charge < -0.3 is 37.2 Å². The van der Waals surface area contributed by atoms with Crippen molar-refractivity contribution in [3.8, 4) is 23.0 Å². The second kappa shape index (κ2) is 25.0. The first-order chi connectivity index (χ1) is 31.6. The van der Waals surface area contributed by atoms with E-state index in [0.29, 0.717) is 77.3 Å². The number of hydrogen-bond donors (Lipinski definition) is 0. The summed E-state index contributed by atoms with van der Waals surface area (Å²) in [5, 5.41) is 0. The van der Waals surface area contributed by atoms with E-state index in [9.17, 15) is 0 Å². The molecule has 0 saturated carbocycles. The molecule has 7 rings (SSSR count). The van der Waals surface area contributed by atoms with Crippen LogP contribution in [0.3, 0.4) is 0 Å². The molecule has 4 aromatic carbocycles. The summed E-state index contributed by atoms with van der Waals surface area (Å²) in [5.74, 6) is 3.83. The molecular formula is C54H68Cl2N4O4Pd. The summed E-state index contributed by atoms with van der Waals surface area (Å²) in [7, 11) is 9.63. The molecule has 0 atom stereocenters. The van der Waals surface area contributed by atoms with Crippen molar-refractivity contribution in [1.29, 1.82) is 0 Å². The van der Waals surface area contributed by atoms with Crippen LogP contribution in [0.1, 0.15) is 149 Å². The Morgan fingerprint density at radius 3 is 1.03 bits per heavy atom. The number of imidazole rings is 2. The number of nitrogens with zero attached hydrogens (tertiary/aromatic N) is 4. The number of hydrogen-bond acceptors (Lipinski definition) is 4. The predicted molar refractivity (Wildman–Crippen MR) is 258 cm³/mol. The van der Waals surface area contributed by atoms with Gasteiger partial charge in [0, 0.05) is 25.7 Å². The Hall–Kier alpha value is -4.26. The Morgan fingerprint density at radius 1 is 0.508 bits per heavy atom. The van der Waals surface area contributed by atoms with Crippen LogP contribution < -0.4 is 28.1 Å². The van der Waals surface area contributed by atoms with Crippen LogP contribution in [0.15, 0.2) is 85.5 Å². The van der Waals surface area contributed by atoms with Crippen LogP contribution in [0.4, 0.5) is 0 Å². The zero-order valence-corrected chi connectivity index (χ0v) is 42.7. The first-order valence-electron chi connectivity index (χ1n) is 23.4. The van der Waals surface area contributed by atoms with Gasteiger partial charge in [0.15, 0.2) is 0 Å². The fourth-order valence-electron chi connectivity index (χ4n) is 8.45. The van der Waals surface area contributed by atoms with Gasteiger partial charge in [-0.2, -0.15) is 0 Å². The van der Waals surface area contributed by atoms with Crippen molar-refractivity contribution in [1.82, 2.24) is 9.13 Å². The van der Waals surface area contributed by atoms with Gasteiger partial charge in [-0.05, 0) is 158 Å². The first-order valence-corrected chi connectivity index (χ1v) is 27.4. The molecule has 2 heterocycles. The SMILES string of the molecule is CCCOc1c2cccc1Cc1cc(C[n+]3[c-]n(C(C)C)cc3)cc(c1OCCC)Cc1cccc(c1OCCC)Cc1cc(C[n+]3[c-]n(C(C)C)cc3)cc(c1OCCC)C2.[Cl][Pd][Cl]. The minimum absolute atomic E-state index is 0.106. The molecule has 0 saturated heterocycles. The molecule has 1 aliphatic rings. The summed E-state index contributed by atoms with van der Waals surface area (Å²) in [6.45, 7) is 21.4. The Balaban J connectivity index is 0.00000227.